The molecule has 0 aliphatic carbocycles. The van der Waals surface area contributed by atoms with E-state index in [1.165, 1.54) is 23.0 Å². The number of pyridine rings is 1. The Morgan fingerprint density at radius 3 is 2.74 bits per heavy atom. The van der Waals surface area contributed by atoms with Crippen molar-refractivity contribution in [3.8, 4) is 5.75 Å². The summed E-state index contributed by atoms with van der Waals surface area (Å²) in [5.74, 6) is -2.59. The number of hydrogen-bond donors (Lipinski definition) is 0. The molecule has 1 aliphatic heterocycles. The highest BCUT2D eigenvalue weighted by Crippen LogP contribution is 2.32. The zero-order valence-corrected chi connectivity index (χ0v) is 17.5. The van der Waals surface area contributed by atoms with Crippen molar-refractivity contribution in [3.05, 3.63) is 41.2 Å². The maximum atomic E-state index is 12.9. The lowest BCUT2D eigenvalue weighted by Crippen LogP contribution is -2.29. The van der Waals surface area contributed by atoms with Crippen LogP contribution in [-0.4, -0.2) is 50.5 Å². The molecular formula is C20H20F3N3O4S. The second-order valence-electron chi connectivity index (χ2n) is 6.78. The minimum Gasteiger partial charge on any atom is -0.489 e. The predicted octanol–water partition coefficient (Wildman–Crippen LogP) is 4.62. The molecule has 0 aromatic carbocycles. The van der Waals surface area contributed by atoms with Gasteiger partial charge < -0.3 is 9.14 Å². The number of nitrogens with zero attached hydrogens (tertiary/aromatic N) is 3. The topological polar surface area (TPSA) is 81.0 Å². The number of ketones is 1. The number of hydrogen-bond acceptors (Lipinski definition) is 6. The number of allylic oxidation sites excluding steroid dienone is 1. The summed E-state index contributed by atoms with van der Waals surface area (Å²) in [5, 5.41) is -0.339. The fourth-order valence-electron chi connectivity index (χ4n) is 2.99. The summed E-state index contributed by atoms with van der Waals surface area (Å²) in [5.41, 5.74) is -0.514. The van der Waals surface area contributed by atoms with Gasteiger partial charge in [-0.2, -0.15) is 13.2 Å². The average molecular weight is 455 g/mol. The first-order valence-electron chi connectivity index (χ1n) is 9.67. The molecule has 2 aromatic heterocycles. The molecule has 0 radical (unpaired) electrons. The number of ether oxygens (including phenoxy) is 1. The molecule has 11 heteroatoms. The van der Waals surface area contributed by atoms with Crippen LogP contribution in [0.15, 0.2) is 35.6 Å². The van der Waals surface area contributed by atoms with Gasteiger partial charge >= 0.3 is 6.18 Å². The Balaban J connectivity index is 1.61. The van der Waals surface area contributed by atoms with E-state index in [4.69, 9.17) is 4.74 Å². The van der Waals surface area contributed by atoms with E-state index in [2.05, 4.69) is 4.98 Å². The summed E-state index contributed by atoms with van der Waals surface area (Å²) < 4.78 is 45.8. The third kappa shape index (κ3) is 5.09. The molecule has 0 saturated carbocycles. The molecule has 31 heavy (non-hydrogen) atoms. The van der Waals surface area contributed by atoms with E-state index >= 15 is 0 Å². The van der Waals surface area contributed by atoms with Crippen molar-refractivity contribution in [2.45, 2.75) is 38.8 Å². The second-order valence-corrected chi connectivity index (χ2v) is 7.77. The molecular weight excluding hydrogens is 435 g/mol. The van der Waals surface area contributed by atoms with Crippen LogP contribution in [0.25, 0.3) is 5.65 Å². The fourth-order valence-corrected chi connectivity index (χ4v) is 3.86. The van der Waals surface area contributed by atoms with Crippen LogP contribution in [0.3, 0.4) is 0 Å². The molecule has 1 aliphatic rings. The van der Waals surface area contributed by atoms with E-state index in [-0.39, 0.29) is 35.7 Å². The quantitative estimate of drug-likeness (QED) is 0.312. The van der Waals surface area contributed by atoms with Crippen LogP contribution in [0, 0.1) is 0 Å². The number of halogens is 3. The highest BCUT2D eigenvalue weighted by atomic mass is 32.2. The number of thioether (sulfide) groups is 1. The van der Waals surface area contributed by atoms with Crippen LogP contribution in [0.5, 0.6) is 5.75 Å². The second kappa shape index (κ2) is 9.54. The van der Waals surface area contributed by atoms with Crippen LogP contribution in [0.1, 0.15) is 43.0 Å². The van der Waals surface area contributed by atoms with Crippen molar-refractivity contribution in [3.63, 3.8) is 0 Å². The van der Waals surface area contributed by atoms with Crippen molar-refractivity contribution < 1.29 is 32.3 Å². The Bertz CT molecular complexity index is 1030. The van der Waals surface area contributed by atoms with Gasteiger partial charge in [-0.05, 0) is 37.1 Å². The van der Waals surface area contributed by atoms with Gasteiger partial charge in [0.25, 0.3) is 16.9 Å². The van der Waals surface area contributed by atoms with Gasteiger partial charge in [0, 0.05) is 25.1 Å². The van der Waals surface area contributed by atoms with Crippen LogP contribution < -0.4 is 4.74 Å². The molecule has 0 atom stereocenters. The first-order valence-corrected chi connectivity index (χ1v) is 10.5. The lowest BCUT2D eigenvalue weighted by molar-refractivity contribution is -0.122. The van der Waals surface area contributed by atoms with E-state index in [1.54, 1.807) is 6.08 Å². The highest BCUT2D eigenvalue weighted by Gasteiger charge is 2.41. The number of carbonyl (C=O) groups excluding carboxylic acids is 3. The van der Waals surface area contributed by atoms with Gasteiger partial charge in [-0.1, -0.05) is 19.4 Å². The van der Waals surface area contributed by atoms with Crippen LogP contribution >= 0.6 is 11.8 Å². The molecule has 0 bridgehead atoms. The molecule has 0 spiro atoms. The number of aromatic nitrogens is 2. The summed E-state index contributed by atoms with van der Waals surface area (Å²) in [4.78, 5) is 41.6. The average Bonchev–Trinajstić information content (AvgIpc) is 3.30. The van der Waals surface area contributed by atoms with Gasteiger partial charge in [-0.25, -0.2) is 4.98 Å². The van der Waals surface area contributed by atoms with E-state index in [0.717, 1.165) is 29.1 Å². The zero-order valence-electron chi connectivity index (χ0n) is 16.6. The maximum absolute atomic E-state index is 12.9. The lowest BCUT2D eigenvalue weighted by atomic mass is 10.1. The molecule has 3 rings (SSSR count). The third-order valence-corrected chi connectivity index (χ3v) is 5.49. The molecule has 1 fully saturated rings. The van der Waals surface area contributed by atoms with Crippen LogP contribution in [-0.2, 0) is 4.79 Å². The summed E-state index contributed by atoms with van der Waals surface area (Å²) in [6.45, 7) is 2.14. The SMILES string of the molecule is CCCC=C1SC(=O)N(CCCCOc2c(C(=O)C(F)(F)F)ccn3ccnc23)C1=O. The number of imide groups is 1. The van der Waals surface area contributed by atoms with Gasteiger partial charge in [-0.15, -0.1) is 0 Å². The fraction of sp³-hybridized carbons (Fsp3) is 0.400. The normalized spacial score (nSPS) is 16.0. The molecule has 166 valence electrons. The molecule has 2 aromatic rings. The molecule has 0 N–H and O–H groups in total. The van der Waals surface area contributed by atoms with Crippen molar-refractivity contribution in [2.24, 2.45) is 0 Å². The van der Waals surface area contributed by atoms with E-state index in [9.17, 15) is 27.6 Å². The van der Waals surface area contributed by atoms with E-state index < -0.39 is 17.5 Å². The first kappa shape index (κ1) is 22.9. The molecule has 0 unspecified atom stereocenters. The molecule has 1 saturated heterocycles. The van der Waals surface area contributed by atoms with E-state index in [1.807, 2.05) is 6.92 Å². The summed E-state index contributed by atoms with van der Waals surface area (Å²) in [7, 11) is 0. The van der Waals surface area contributed by atoms with Crippen molar-refractivity contribution >= 4 is 34.3 Å². The van der Waals surface area contributed by atoms with Crippen LogP contribution in [0.4, 0.5) is 18.0 Å². The number of imidazole rings is 1. The third-order valence-electron chi connectivity index (χ3n) is 4.53. The standard InChI is InChI=1S/C20H20F3N3O4S/c1-2-3-6-14-18(28)26(19(29)31-14)9-4-5-12-30-15-13(16(27)20(21,22)23)7-10-25-11-8-24-17(15)25/h6-8,10-11H,2-5,9,12H2,1H3. The minimum absolute atomic E-state index is 0.00738. The van der Waals surface area contributed by atoms with Gasteiger partial charge in [0.2, 0.25) is 0 Å². The zero-order chi connectivity index (χ0) is 22.6. The van der Waals surface area contributed by atoms with Crippen molar-refractivity contribution in [1.82, 2.24) is 14.3 Å². The Morgan fingerprint density at radius 1 is 1.26 bits per heavy atom. The number of fused-ring (bicyclic) bond motifs is 1. The van der Waals surface area contributed by atoms with Crippen molar-refractivity contribution in [2.75, 3.05) is 13.2 Å². The molecule has 3 heterocycles. The van der Waals surface area contributed by atoms with Crippen molar-refractivity contribution in [1.29, 1.82) is 0 Å². The Labute approximate surface area is 180 Å². The Kier molecular flexibility index (Phi) is 7.04. The number of Topliss-reactive ketones (excluding diaryl/α,β-unsaturated/α-hetero) is 1. The molecule has 2 amide bonds. The predicted molar refractivity (Wildman–Crippen MR) is 108 cm³/mol. The largest absolute Gasteiger partial charge is 0.489 e. The van der Waals surface area contributed by atoms with Crippen LogP contribution in [0.2, 0.25) is 0 Å². The summed E-state index contributed by atoms with van der Waals surface area (Å²) in [6, 6.07) is 1.04. The van der Waals surface area contributed by atoms with Gasteiger partial charge in [-0.3, -0.25) is 19.3 Å². The number of alkyl halides is 3. The molecule has 7 nitrogen and oxygen atoms in total. The summed E-state index contributed by atoms with van der Waals surface area (Å²) >= 11 is 0.904. The summed E-state index contributed by atoms with van der Waals surface area (Å²) in [6.07, 6.45) is 3.26. The lowest BCUT2D eigenvalue weighted by Gasteiger charge is -2.14. The number of carbonyl (C=O) groups is 3. The monoisotopic (exact) mass is 455 g/mol. The van der Waals surface area contributed by atoms with Gasteiger partial charge in [0.05, 0.1) is 17.1 Å². The van der Waals surface area contributed by atoms with E-state index in [0.29, 0.717) is 24.2 Å². The number of rotatable bonds is 9. The number of unbranched alkanes of at least 4 members (excludes halogenated alkanes) is 2. The maximum Gasteiger partial charge on any atom is 0.455 e. The highest BCUT2D eigenvalue weighted by molar-refractivity contribution is 8.18. The number of amides is 2. The van der Waals surface area contributed by atoms with Gasteiger partial charge in [0.15, 0.2) is 11.4 Å². The van der Waals surface area contributed by atoms with Gasteiger partial charge in [0.1, 0.15) is 0 Å². The Morgan fingerprint density at radius 2 is 2.03 bits per heavy atom. The minimum atomic E-state index is -5.04. The first-order chi connectivity index (χ1) is 14.7. The smallest absolute Gasteiger partial charge is 0.455 e. The Hall–Kier alpha value is -2.82.